The van der Waals surface area contributed by atoms with Crippen molar-refractivity contribution in [3.05, 3.63) is 53.1 Å². The third kappa shape index (κ3) is 3.23. The molecule has 120 valence electrons. The van der Waals surface area contributed by atoms with E-state index < -0.39 is 0 Å². The average molecular weight is 314 g/mol. The SMILES string of the molecule is CC(C)C1=CC(C(C)C)=C(c2ccccc2)C(P)(C(C)C)C1. The molecule has 2 rings (SSSR count). The first-order chi connectivity index (χ1) is 10.3. The zero-order valence-electron chi connectivity index (χ0n) is 15.0. The maximum Gasteiger partial charge on any atom is 0.0166 e. The number of rotatable bonds is 4. The zero-order chi connectivity index (χ0) is 16.5. The molecule has 0 amide bonds. The summed E-state index contributed by atoms with van der Waals surface area (Å²) in [7, 11) is 3.23. The molecule has 0 bridgehead atoms. The predicted octanol–water partition coefficient (Wildman–Crippen LogP) is 6.35. The van der Waals surface area contributed by atoms with Crippen molar-refractivity contribution in [2.24, 2.45) is 17.8 Å². The minimum absolute atomic E-state index is 0.134. The summed E-state index contributed by atoms with van der Waals surface area (Å²) in [6.07, 6.45) is 3.63. The number of allylic oxidation sites excluding steroid dienone is 4. The van der Waals surface area contributed by atoms with E-state index in [0.29, 0.717) is 17.8 Å². The molecule has 22 heavy (non-hydrogen) atoms. The molecular weight excluding hydrogens is 283 g/mol. The van der Waals surface area contributed by atoms with Crippen molar-refractivity contribution in [1.29, 1.82) is 0 Å². The lowest BCUT2D eigenvalue weighted by Gasteiger charge is -2.43. The van der Waals surface area contributed by atoms with E-state index >= 15 is 0 Å². The highest BCUT2D eigenvalue weighted by Crippen LogP contribution is 2.52. The van der Waals surface area contributed by atoms with Crippen LogP contribution in [-0.4, -0.2) is 5.16 Å². The third-order valence-corrected chi connectivity index (χ3v) is 6.21. The Morgan fingerprint density at radius 1 is 0.909 bits per heavy atom. The van der Waals surface area contributed by atoms with Gasteiger partial charge in [-0.05, 0) is 40.9 Å². The molecule has 0 spiro atoms. The van der Waals surface area contributed by atoms with Crippen molar-refractivity contribution in [3.63, 3.8) is 0 Å². The Hall–Kier alpha value is -0.870. The Morgan fingerprint density at radius 3 is 1.95 bits per heavy atom. The van der Waals surface area contributed by atoms with E-state index in [-0.39, 0.29) is 5.16 Å². The van der Waals surface area contributed by atoms with Gasteiger partial charge < -0.3 is 0 Å². The van der Waals surface area contributed by atoms with E-state index in [9.17, 15) is 0 Å². The summed E-state index contributed by atoms with van der Waals surface area (Å²) in [6, 6.07) is 11.0. The molecule has 1 aliphatic carbocycles. The van der Waals surface area contributed by atoms with Gasteiger partial charge in [0.25, 0.3) is 0 Å². The normalized spacial score (nSPS) is 22.7. The lowest BCUT2D eigenvalue weighted by Crippen LogP contribution is -2.34. The van der Waals surface area contributed by atoms with Gasteiger partial charge in [0.05, 0.1) is 0 Å². The van der Waals surface area contributed by atoms with Crippen molar-refractivity contribution in [3.8, 4) is 0 Å². The molecule has 1 aromatic carbocycles. The van der Waals surface area contributed by atoms with Crippen molar-refractivity contribution in [2.45, 2.75) is 53.1 Å². The van der Waals surface area contributed by atoms with Gasteiger partial charge in [-0.3, -0.25) is 0 Å². The Balaban J connectivity index is 2.73. The van der Waals surface area contributed by atoms with Crippen LogP contribution in [0.25, 0.3) is 5.57 Å². The van der Waals surface area contributed by atoms with Gasteiger partial charge in [0.15, 0.2) is 0 Å². The Kier molecular flexibility index (Phi) is 5.33. The molecule has 0 aromatic heterocycles. The third-order valence-electron chi connectivity index (χ3n) is 5.05. The van der Waals surface area contributed by atoms with Gasteiger partial charge in [0.2, 0.25) is 0 Å². The topological polar surface area (TPSA) is 0 Å². The fourth-order valence-electron chi connectivity index (χ4n) is 3.38. The summed E-state index contributed by atoms with van der Waals surface area (Å²) in [5, 5.41) is 0.134. The molecule has 0 fully saturated rings. The maximum absolute atomic E-state index is 3.23. The fraction of sp³-hybridized carbons (Fsp3) is 0.524. The second kappa shape index (κ2) is 6.71. The maximum atomic E-state index is 3.23. The van der Waals surface area contributed by atoms with E-state index in [0.717, 1.165) is 6.42 Å². The summed E-state index contributed by atoms with van der Waals surface area (Å²) in [5.74, 6) is 1.75. The highest BCUT2D eigenvalue weighted by atomic mass is 31.0. The lowest BCUT2D eigenvalue weighted by molar-refractivity contribution is 0.490. The second-order valence-corrected chi connectivity index (χ2v) is 8.63. The minimum Gasteiger partial charge on any atom is -0.126 e. The summed E-state index contributed by atoms with van der Waals surface area (Å²) in [4.78, 5) is 0. The van der Waals surface area contributed by atoms with Crippen molar-refractivity contribution >= 4 is 14.8 Å². The summed E-state index contributed by atoms with van der Waals surface area (Å²) >= 11 is 0. The van der Waals surface area contributed by atoms with E-state index in [1.807, 2.05) is 0 Å². The van der Waals surface area contributed by atoms with Gasteiger partial charge in [0.1, 0.15) is 0 Å². The number of hydrogen-bond acceptors (Lipinski definition) is 0. The largest absolute Gasteiger partial charge is 0.126 e. The Morgan fingerprint density at radius 2 is 1.50 bits per heavy atom. The van der Waals surface area contributed by atoms with Crippen LogP contribution in [0, 0.1) is 17.8 Å². The van der Waals surface area contributed by atoms with E-state index in [1.54, 1.807) is 5.57 Å². The molecule has 0 aliphatic heterocycles. The lowest BCUT2D eigenvalue weighted by atomic mass is 9.70. The van der Waals surface area contributed by atoms with Gasteiger partial charge in [-0.25, -0.2) is 0 Å². The fourth-order valence-corrected chi connectivity index (χ4v) is 3.95. The summed E-state index contributed by atoms with van der Waals surface area (Å²) < 4.78 is 0. The predicted molar refractivity (Wildman–Crippen MR) is 103 cm³/mol. The standard InChI is InChI=1S/C21H31P/c1-14(2)18-12-19(15(3)4)20(17-10-8-7-9-11-17)21(22,13-18)16(5)6/h7-12,14-16H,13,22H2,1-6H3. The zero-order valence-corrected chi connectivity index (χ0v) is 16.1. The quantitative estimate of drug-likeness (QED) is 0.568. The van der Waals surface area contributed by atoms with E-state index in [2.05, 4.69) is 87.2 Å². The van der Waals surface area contributed by atoms with Gasteiger partial charge in [0, 0.05) is 5.16 Å². The van der Waals surface area contributed by atoms with Crippen LogP contribution in [0.3, 0.4) is 0 Å². The Bertz CT molecular complexity index is 575. The van der Waals surface area contributed by atoms with E-state index in [4.69, 9.17) is 0 Å². The van der Waals surface area contributed by atoms with Crippen LogP contribution >= 0.6 is 9.24 Å². The van der Waals surface area contributed by atoms with Crippen LogP contribution in [0.4, 0.5) is 0 Å². The van der Waals surface area contributed by atoms with E-state index in [1.165, 1.54) is 16.7 Å². The molecule has 0 N–H and O–H groups in total. The highest BCUT2D eigenvalue weighted by molar-refractivity contribution is 7.20. The minimum atomic E-state index is 0.134. The first-order valence-electron chi connectivity index (χ1n) is 8.56. The molecule has 0 saturated carbocycles. The summed E-state index contributed by atoms with van der Waals surface area (Å²) in [5.41, 5.74) is 6.03. The number of benzene rings is 1. The monoisotopic (exact) mass is 314 g/mol. The number of hydrogen-bond donors (Lipinski definition) is 0. The van der Waals surface area contributed by atoms with Crippen LogP contribution in [0.15, 0.2) is 47.6 Å². The first-order valence-corrected chi connectivity index (χ1v) is 9.14. The molecule has 0 heterocycles. The van der Waals surface area contributed by atoms with Crippen LogP contribution in [0.2, 0.25) is 0 Å². The molecular formula is C21H31P. The molecule has 0 radical (unpaired) electrons. The molecule has 1 heteroatoms. The smallest absolute Gasteiger partial charge is 0.0166 e. The van der Waals surface area contributed by atoms with Crippen LogP contribution in [0.1, 0.15) is 53.5 Å². The highest BCUT2D eigenvalue weighted by Gasteiger charge is 2.39. The van der Waals surface area contributed by atoms with Crippen LogP contribution in [0.5, 0.6) is 0 Å². The van der Waals surface area contributed by atoms with Crippen molar-refractivity contribution < 1.29 is 0 Å². The molecule has 0 nitrogen and oxygen atoms in total. The molecule has 2 unspecified atom stereocenters. The van der Waals surface area contributed by atoms with Crippen molar-refractivity contribution in [1.82, 2.24) is 0 Å². The van der Waals surface area contributed by atoms with Gasteiger partial charge in [-0.15, -0.1) is 9.24 Å². The van der Waals surface area contributed by atoms with Gasteiger partial charge in [-0.2, -0.15) is 0 Å². The van der Waals surface area contributed by atoms with Crippen LogP contribution in [-0.2, 0) is 0 Å². The molecule has 2 atom stereocenters. The van der Waals surface area contributed by atoms with Gasteiger partial charge in [-0.1, -0.05) is 83.5 Å². The molecule has 0 saturated heterocycles. The second-order valence-electron chi connectivity index (χ2n) is 7.60. The first kappa shape index (κ1) is 17.5. The van der Waals surface area contributed by atoms with Gasteiger partial charge >= 0.3 is 0 Å². The molecule has 1 aliphatic rings. The van der Waals surface area contributed by atoms with Crippen LogP contribution < -0.4 is 0 Å². The molecule has 1 aromatic rings. The average Bonchev–Trinajstić information content (AvgIpc) is 2.46. The van der Waals surface area contributed by atoms with Crippen molar-refractivity contribution in [2.75, 3.05) is 0 Å². The Labute approximate surface area is 139 Å². The summed E-state index contributed by atoms with van der Waals surface area (Å²) in [6.45, 7) is 14.0.